The zero-order chi connectivity index (χ0) is 24.8. The van der Waals surface area contributed by atoms with Gasteiger partial charge in [0.2, 0.25) is 0 Å². The van der Waals surface area contributed by atoms with Crippen LogP contribution in [0.3, 0.4) is 0 Å². The quantitative estimate of drug-likeness (QED) is 0.248. The molecule has 4 saturated carbocycles. The SMILES string of the molecule is COC(=O)CCC(C)[C@H]1CCC2C3C(CC[C@@]21C)[C@@]12C=C1CC(OCCCCCO)CC2C[C@H]3O. The van der Waals surface area contributed by atoms with E-state index in [0.29, 0.717) is 48.0 Å². The van der Waals surface area contributed by atoms with Crippen molar-refractivity contribution in [3.05, 3.63) is 11.6 Å². The molecule has 5 nitrogen and oxygen atoms in total. The first-order chi connectivity index (χ1) is 16.8. The monoisotopic (exact) mass is 488 g/mol. The fraction of sp³-hybridized carbons (Fsp3) is 0.900. The summed E-state index contributed by atoms with van der Waals surface area (Å²) in [6.07, 6.45) is 15.2. The molecule has 0 radical (unpaired) electrons. The van der Waals surface area contributed by atoms with Gasteiger partial charge in [0.15, 0.2) is 0 Å². The highest BCUT2D eigenvalue weighted by Gasteiger charge is 2.68. The zero-order valence-corrected chi connectivity index (χ0v) is 22.2. The summed E-state index contributed by atoms with van der Waals surface area (Å²) in [7, 11) is 1.48. The van der Waals surface area contributed by atoms with Crippen LogP contribution >= 0.6 is 0 Å². The fourth-order valence-corrected chi connectivity index (χ4v) is 9.78. The molecule has 0 amide bonds. The number of allylic oxidation sites excluding steroid dienone is 1. The van der Waals surface area contributed by atoms with Crippen LogP contribution in [0.15, 0.2) is 11.6 Å². The standard InChI is InChI=1S/C30H48O5/c1-19(7-10-27(33)34-3)23-8-9-24-28-25(11-12-29(23,24)2)30-18-21(30)16-22(15-20(30)17-26(28)32)35-14-6-4-5-13-31/h18-20,22-26,28,31-32H,4-17H2,1-3H3/t19?,20?,22?,23-,24?,25?,26-,28?,29-,30-/m1/s1. The van der Waals surface area contributed by atoms with Crippen LogP contribution in [0.1, 0.15) is 90.9 Å². The lowest BCUT2D eigenvalue weighted by Gasteiger charge is -2.59. The third-order valence-corrected chi connectivity index (χ3v) is 11.4. The third kappa shape index (κ3) is 4.42. The van der Waals surface area contributed by atoms with Crippen LogP contribution in [-0.2, 0) is 14.3 Å². The largest absolute Gasteiger partial charge is 0.469 e. The van der Waals surface area contributed by atoms with Gasteiger partial charge in [-0.05, 0) is 112 Å². The van der Waals surface area contributed by atoms with Crippen LogP contribution < -0.4 is 0 Å². The van der Waals surface area contributed by atoms with E-state index >= 15 is 0 Å². The van der Waals surface area contributed by atoms with Gasteiger partial charge in [0.05, 0.1) is 19.3 Å². The van der Waals surface area contributed by atoms with Gasteiger partial charge in [-0.15, -0.1) is 0 Å². The lowest BCUT2D eigenvalue weighted by Crippen LogP contribution is -2.56. The Hall–Kier alpha value is -0.910. The van der Waals surface area contributed by atoms with Gasteiger partial charge in [-0.3, -0.25) is 4.79 Å². The van der Waals surface area contributed by atoms with Crippen LogP contribution in [0.25, 0.3) is 0 Å². The van der Waals surface area contributed by atoms with Gasteiger partial charge < -0.3 is 19.7 Å². The molecule has 35 heavy (non-hydrogen) atoms. The molecule has 5 aliphatic rings. The molecule has 1 spiro atoms. The maximum absolute atomic E-state index is 11.7. The van der Waals surface area contributed by atoms with Crippen molar-refractivity contribution in [2.45, 2.75) is 103 Å². The van der Waals surface area contributed by atoms with Crippen molar-refractivity contribution < 1.29 is 24.5 Å². The first-order valence-corrected chi connectivity index (χ1v) is 14.5. The Morgan fingerprint density at radius 1 is 1.17 bits per heavy atom. The van der Waals surface area contributed by atoms with Crippen LogP contribution in [0.2, 0.25) is 0 Å². The Morgan fingerprint density at radius 2 is 2.00 bits per heavy atom. The molecule has 5 rings (SSSR count). The molecule has 198 valence electrons. The number of carbonyl (C=O) groups is 1. The summed E-state index contributed by atoms with van der Waals surface area (Å²) in [5.41, 5.74) is 2.21. The van der Waals surface area contributed by atoms with Gasteiger partial charge in [0.25, 0.3) is 0 Å². The second kappa shape index (κ2) is 10.1. The second-order valence-corrected chi connectivity index (χ2v) is 12.9. The number of carbonyl (C=O) groups excluding carboxylic acids is 1. The van der Waals surface area contributed by atoms with Gasteiger partial charge in [-0.2, -0.15) is 0 Å². The topological polar surface area (TPSA) is 76.0 Å². The summed E-state index contributed by atoms with van der Waals surface area (Å²) in [4.78, 5) is 11.7. The van der Waals surface area contributed by atoms with E-state index in [1.165, 1.54) is 32.8 Å². The first-order valence-electron chi connectivity index (χ1n) is 14.5. The molecule has 2 N–H and O–H groups in total. The Morgan fingerprint density at radius 3 is 2.77 bits per heavy atom. The molecule has 10 atom stereocenters. The normalized spacial score (nSPS) is 44.4. The number of rotatable bonds is 10. The number of aliphatic hydroxyl groups is 2. The van der Waals surface area contributed by atoms with Crippen molar-refractivity contribution >= 4 is 5.97 Å². The first kappa shape index (κ1) is 25.7. The van der Waals surface area contributed by atoms with Crippen LogP contribution in [0.4, 0.5) is 0 Å². The third-order valence-electron chi connectivity index (χ3n) is 11.4. The molecular formula is C30H48O5. The highest BCUT2D eigenvalue weighted by Crippen LogP contribution is 2.74. The Balaban J connectivity index is 1.23. The summed E-state index contributed by atoms with van der Waals surface area (Å²) >= 11 is 0. The minimum absolute atomic E-state index is 0.0924. The minimum Gasteiger partial charge on any atom is -0.469 e. The van der Waals surface area contributed by atoms with E-state index in [1.807, 2.05) is 0 Å². The molecule has 0 aliphatic heterocycles. The number of hydrogen-bond acceptors (Lipinski definition) is 5. The van der Waals surface area contributed by atoms with Crippen LogP contribution in [0.5, 0.6) is 0 Å². The summed E-state index contributed by atoms with van der Waals surface area (Å²) in [6.45, 7) is 5.92. The van der Waals surface area contributed by atoms with E-state index in [1.54, 1.807) is 5.57 Å². The average molecular weight is 489 g/mol. The number of fused-ring (bicyclic) bond motifs is 3. The molecule has 5 aliphatic carbocycles. The number of aliphatic hydroxyl groups excluding tert-OH is 2. The van der Waals surface area contributed by atoms with Gasteiger partial charge in [0, 0.05) is 25.0 Å². The molecular weight excluding hydrogens is 440 g/mol. The van der Waals surface area contributed by atoms with Crippen molar-refractivity contribution in [1.82, 2.24) is 0 Å². The van der Waals surface area contributed by atoms with Crippen LogP contribution in [0, 0.1) is 46.3 Å². The van der Waals surface area contributed by atoms with Gasteiger partial charge in [-0.1, -0.05) is 25.5 Å². The van der Waals surface area contributed by atoms with E-state index in [4.69, 9.17) is 14.6 Å². The summed E-state index contributed by atoms with van der Waals surface area (Å²) in [6, 6.07) is 0. The highest BCUT2D eigenvalue weighted by atomic mass is 16.5. The Bertz CT molecular complexity index is 809. The van der Waals surface area contributed by atoms with Gasteiger partial charge in [0.1, 0.15) is 0 Å². The second-order valence-electron chi connectivity index (χ2n) is 12.9. The summed E-state index contributed by atoms with van der Waals surface area (Å²) in [5, 5.41) is 20.6. The summed E-state index contributed by atoms with van der Waals surface area (Å²) in [5.74, 6) is 3.25. The van der Waals surface area contributed by atoms with E-state index in [0.717, 1.165) is 51.6 Å². The lowest BCUT2D eigenvalue weighted by molar-refractivity contribution is -0.142. The fourth-order valence-electron chi connectivity index (χ4n) is 9.78. The van der Waals surface area contributed by atoms with Crippen molar-refractivity contribution in [3.8, 4) is 0 Å². The maximum atomic E-state index is 11.7. The maximum Gasteiger partial charge on any atom is 0.305 e. The van der Waals surface area contributed by atoms with Crippen molar-refractivity contribution in [2.24, 2.45) is 46.3 Å². The highest BCUT2D eigenvalue weighted by molar-refractivity contribution is 5.69. The van der Waals surface area contributed by atoms with Crippen molar-refractivity contribution in [1.29, 1.82) is 0 Å². The smallest absolute Gasteiger partial charge is 0.305 e. The number of unbranched alkanes of at least 4 members (excludes halogenated alkanes) is 2. The Labute approximate surface area is 212 Å². The minimum atomic E-state index is -0.192. The molecule has 0 heterocycles. The summed E-state index contributed by atoms with van der Waals surface area (Å²) < 4.78 is 11.2. The molecule has 0 bridgehead atoms. The lowest BCUT2D eigenvalue weighted by atomic mass is 9.46. The van der Waals surface area contributed by atoms with Gasteiger partial charge >= 0.3 is 5.97 Å². The molecule has 6 unspecified atom stereocenters. The average Bonchev–Trinajstić information content (AvgIpc) is 3.47. The number of esters is 1. The molecule has 0 aromatic rings. The predicted octanol–water partition coefficient (Wildman–Crippen LogP) is 5.28. The molecule has 0 aromatic heterocycles. The molecule has 0 aromatic carbocycles. The van der Waals surface area contributed by atoms with E-state index < -0.39 is 0 Å². The van der Waals surface area contributed by atoms with Crippen molar-refractivity contribution in [3.63, 3.8) is 0 Å². The van der Waals surface area contributed by atoms with E-state index in [-0.39, 0.29) is 29.5 Å². The number of ether oxygens (including phenoxy) is 2. The van der Waals surface area contributed by atoms with E-state index in [9.17, 15) is 9.90 Å². The molecule has 0 saturated heterocycles. The number of methoxy groups -OCH3 is 1. The number of hydrogen-bond donors (Lipinski definition) is 2. The predicted molar refractivity (Wildman–Crippen MR) is 135 cm³/mol. The molecule has 5 heteroatoms. The van der Waals surface area contributed by atoms with Crippen LogP contribution in [-0.4, -0.2) is 48.7 Å². The zero-order valence-electron chi connectivity index (χ0n) is 22.2. The van der Waals surface area contributed by atoms with Crippen molar-refractivity contribution in [2.75, 3.05) is 20.3 Å². The Kier molecular flexibility index (Phi) is 7.42. The van der Waals surface area contributed by atoms with E-state index in [2.05, 4.69) is 19.9 Å². The van der Waals surface area contributed by atoms with Gasteiger partial charge in [-0.25, -0.2) is 0 Å². The molecule has 4 fully saturated rings.